The number of amides is 2. The number of carbonyl (C=O) groups is 2. The van der Waals surface area contributed by atoms with Crippen LogP contribution >= 0.6 is 11.6 Å². The van der Waals surface area contributed by atoms with Gasteiger partial charge in [-0.25, -0.2) is 4.98 Å². The topological polar surface area (TPSA) is 85.1 Å². The molecule has 2 aliphatic carbocycles. The van der Waals surface area contributed by atoms with Crippen LogP contribution in [0, 0.1) is 5.92 Å². The number of halogens is 1. The van der Waals surface area contributed by atoms with Crippen LogP contribution in [0.5, 0.6) is 0 Å². The molecule has 0 radical (unpaired) electrons. The fourth-order valence-electron chi connectivity index (χ4n) is 3.35. The molecule has 2 aromatic rings. The van der Waals surface area contributed by atoms with Crippen LogP contribution in [0.4, 0.5) is 0 Å². The fourth-order valence-corrected chi connectivity index (χ4v) is 3.54. The van der Waals surface area contributed by atoms with Gasteiger partial charge in [-0.1, -0.05) is 50.1 Å². The van der Waals surface area contributed by atoms with E-state index in [1.54, 1.807) is 6.07 Å². The van der Waals surface area contributed by atoms with Crippen LogP contribution in [-0.2, 0) is 4.79 Å². The van der Waals surface area contributed by atoms with Crippen molar-refractivity contribution >= 4 is 23.4 Å². The van der Waals surface area contributed by atoms with Crippen molar-refractivity contribution in [3.63, 3.8) is 0 Å². The highest BCUT2D eigenvalue weighted by molar-refractivity contribution is 6.30. The zero-order valence-electron chi connectivity index (χ0n) is 15.0. The van der Waals surface area contributed by atoms with Crippen LogP contribution in [0.3, 0.4) is 0 Å². The Balaban J connectivity index is 0.00000225. The van der Waals surface area contributed by atoms with Crippen LogP contribution in [-0.4, -0.2) is 22.8 Å². The summed E-state index contributed by atoms with van der Waals surface area (Å²) in [7, 11) is 0. The Hall–Kier alpha value is -2.40. The van der Waals surface area contributed by atoms with Crippen LogP contribution < -0.4 is 11.1 Å². The van der Waals surface area contributed by atoms with Crippen LogP contribution in [0.1, 0.15) is 61.5 Å². The van der Waals surface area contributed by atoms with Gasteiger partial charge in [0.15, 0.2) is 0 Å². The second kappa shape index (κ2) is 8.31. The minimum atomic E-state index is -0.649. The van der Waals surface area contributed by atoms with Crippen molar-refractivity contribution in [3.05, 3.63) is 52.7 Å². The second-order valence-electron chi connectivity index (χ2n) is 7.53. The number of nitrogens with one attached hydrogen (secondary N) is 1. The molecule has 3 N–H and O–H groups in total. The summed E-state index contributed by atoms with van der Waals surface area (Å²) in [4.78, 5) is 29.0. The summed E-state index contributed by atoms with van der Waals surface area (Å²) in [5.74, 6) is 0.0943. The number of hydrogen-bond acceptors (Lipinski definition) is 3. The normalized spacial score (nSPS) is 16.8. The largest absolute Gasteiger partial charge is 0.368 e. The summed E-state index contributed by atoms with van der Waals surface area (Å²) in [5, 5.41) is 3.39. The van der Waals surface area contributed by atoms with Gasteiger partial charge in [0.05, 0.1) is 5.69 Å². The maximum Gasteiger partial charge on any atom is 0.270 e. The highest BCUT2D eigenvalue weighted by Gasteiger charge is 2.31. The zero-order chi connectivity index (χ0) is 19.0. The van der Waals surface area contributed by atoms with Crippen molar-refractivity contribution < 1.29 is 9.59 Å². The SMILES string of the molecule is C.NC(=O)[C@H](CC1CC1)NC(=O)c1ccc(C2CC2)c(-c2cccc(Cl)c2)n1. The smallest absolute Gasteiger partial charge is 0.270 e. The van der Waals surface area contributed by atoms with E-state index in [2.05, 4.69) is 10.3 Å². The molecule has 2 fully saturated rings. The lowest BCUT2D eigenvalue weighted by atomic mass is 10.0. The third-order valence-electron chi connectivity index (χ3n) is 5.19. The average molecular weight is 400 g/mol. The summed E-state index contributed by atoms with van der Waals surface area (Å²) in [6.07, 6.45) is 5.04. The highest BCUT2D eigenvalue weighted by atomic mass is 35.5. The van der Waals surface area contributed by atoms with E-state index in [-0.39, 0.29) is 19.0 Å². The number of benzene rings is 1. The molecule has 1 aromatic carbocycles. The summed E-state index contributed by atoms with van der Waals surface area (Å²) in [5.41, 5.74) is 8.56. The zero-order valence-corrected chi connectivity index (χ0v) is 15.7. The van der Waals surface area contributed by atoms with Crippen LogP contribution in [0.15, 0.2) is 36.4 Å². The molecule has 5 nitrogen and oxygen atoms in total. The molecule has 2 saturated carbocycles. The van der Waals surface area contributed by atoms with Crippen LogP contribution in [0.2, 0.25) is 5.02 Å². The van der Waals surface area contributed by atoms with Crippen molar-refractivity contribution in [1.82, 2.24) is 10.3 Å². The predicted octanol–water partition coefficient (Wildman–Crippen LogP) is 4.30. The Kier molecular flexibility index (Phi) is 6.04. The molecule has 0 saturated heterocycles. The first-order valence-corrected chi connectivity index (χ1v) is 9.76. The maximum atomic E-state index is 12.7. The summed E-state index contributed by atoms with van der Waals surface area (Å²) in [6.45, 7) is 0. The molecule has 0 bridgehead atoms. The fraction of sp³-hybridized carbons (Fsp3) is 0.409. The summed E-state index contributed by atoms with van der Waals surface area (Å²) >= 11 is 6.14. The van der Waals surface area contributed by atoms with Crippen molar-refractivity contribution in [2.45, 2.75) is 51.5 Å². The van der Waals surface area contributed by atoms with E-state index in [4.69, 9.17) is 17.3 Å². The number of nitrogens with two attached hydrogens (primary N) is 1. The number of hydrogen-bond donors (Lipinski definition) is 2. The lowest BCUT2D eigenvalue weighted by Crippen LogP contribution is -2.45. The number of primary amides is 1. The summed E-state index contributed by atoms with van der Waals surface area (Å²) in [6, 6.07) is 10.5. The lowest BCUT2D eigenvalue weighted by Gasteiger charge is -2.16. The van der Waals surface area contributed by atoms with E-state index in [9.17, 15) is 9.59 Å². The Morgan fingerprint density at radius 1 is 1.18 bits per heavy atom. The number of rotatable bonds is 7. The predicted molar refractivity (Wildman–Crippen MR) is 111 cm³/mol. The Bertz CT molecular complexity index is 891. The van der Waals surface area contributed by atoms with Crippen LogP contribution in [0.25, 0.3) is 11.3 Å². The molecule has 0 spiro atoms. The van der Waals surface area contributed by atoms with E-state index in [1.807, 2.05) is 30.3 Å². The van der Waals surface area contributed by atoms with Gasteiger partial charge in [0.25, 0.3) is 5.91 Å². The van der Waals surface area contributed by atoms with Gasteiger partial charge in [0, 0.05) is 10.6 Å². The van der Waals surface area contributed by atoms with Gasteiger partial charge in [-0.15, -0.1) is 0 Å². The van der Waals surface area contributed by atoms with Crippen molar-refractivity contribution in [2.24, 2.45) is 11.7 Å². The molecule has 28 heavy (non-hydrogen) atoms. The first kappa shape index (κ1) is 20.3. The van der Waals surface area contributed by atoms with E-state index in [1.165, 1.54) is 0 Å². The van der Waals surface area contributed by atoms with Gasteiger partial charge in [0.1, 0.15) is 11.7 Å². The molecule has 2 aliphatic rings. The van der Waals surface area contributed by atoms with E-state index in [0.717, 1.165) is 42.5 Å². The van der Waals surface area contributed by atoms with Crippen molar-refractivity contribution in [1.29, 1.82) is 0 Å². The Morgan fingerprint density at radius 3 is 2.54 bits per heavy atom. The third kappa shape index (κ3) is 4.71. The minimum absolute atomic E-state index is 0. The van der Waals surface area contributed by atoms with Gasteiger partial charge in [-0.3, -0.25) is 9.59 Å². The molecule has 2 amide bonds. The van der Waals surface area contributed by atoms with E-state index < -0.39 is 11.9 Å². The maximum absolute atomic E-state index is 12.7. The summed E-state index contributed by atoms with van der Waals surface area (Å²) < 4.78 is 0. The molecule has 0 unspecified atom stereocenters. The molecular weight excluding hydrogens is 374 g/mol. The number of aromatic nitrogens is 1. The second-order valence-corrected chi connectivity index (χ2v) is 7.96. The molecule has 0 aliphatic heterocycles. The minimum Gasteiger partial charge on any atom is -0.368 e. The molecular formula is C22H26ClN3O2. The number of pyridine rings is 1. The van der Waals surface area contributed by atoms with Crippen molar-refractivity contribution in [3.8, 4) is 11.3 Å². The molecule has 1 heterocycles. The molecule has 1 atom stereocenters. The molecule has 148 valence electrons. The number of carbonyl (C=O) groups excluding carboxylic acids is 2. The van der Waals surface area contributed by atoms with Gasteiger partial charge in [0.2, 0.25) is 5.91 Å². The monoisotopic (exact) mass is 399 g/mol. The first-order valence-electron chi connectivity index (χ1n) is 9.38. The molecule has 4 rings (SSSR count). The Morgan fingerprint density at radius 2 is 1.93 bits per heavy atom. The third-order valence-corrected chi connectivity index (χ3v) is 5.42. The van der Waals surface area contributed by atoms with Gasteiger partial charge in [-0.05, 0) is 54.9 Å². The van der Waals surface area contributed by atoms with Crippen molar-refractivity contribution in [2.75, 3.05) is 0 Å². The average Bonchev–Trinajstić information content (AvgIpc) is 3.54. The van der Waals surface area contributed by atoms with Gasteiger partial charge in [-0.2, -0.15) is 0 Å². The lowest BCUT2D eigenvalue weighted by molar-refractivity contribution is -0.120. The molecule has 1 aromatic heterocycles. The quantitative estimate of drug-likeness (QED) is 0.727. The standard InChI is InChI=1S/C21H22ClN3O2.CH4/c22-15-3-1-2-14(11-15)19-16(13-6-7-13)8-9-17(24-19)21(27)25-18(20(23)26)10-12-4-5-12;/h1-3,8-9,11-13,18H,4-7,10H2,(H2,23,26)(H,25,27);1H4/t18-;/m0./s1. The molecule has 6 heteroatoms. The van der Waals surface area contributed by atoms with Gasteiger partial charge >= 0.3 is 0 Å². The number of nitrogens with zero attached hydrogens (tertiary/aromatic N) is 1. The van der Waals surface area contributed by atoms with Gasteiger partial charge < -0.3 is 11.1 Å². The van der Waals surface area contributed by atoms with E-state index in [0.29, 0.717) is 23.3 Å². The Labute approximate surface area is 170 Å². The first-order chi connectivity index (χ1) is 13.0. The van der Waals surface area contributed by atoms with E-state index >= 15 is 0 Å². The highest BCUT2D eigenvalue weighted by Crippen LogP contribution is 2.44.